The van der Waals surface area contributed by atoms with E-state index in [2.05, 4.69) is 32.6 Å². The highest BCUT2D eigenvalue weighted by atomic mass is 32.2. The number of nitrogens with zero attached hydrogens (tertiary/aromatic N) is 2. The Morgan fingerprint density at radius 3 is 2.84 bits per heavy atom. The molecule has 0 aliphatic heterocycles. The van der Waals surface area contributed by atoms with Gasteiger partial charge in [-0.1, -0.05) is 18.2 Å². The molecule has 0 unspecified atom stereocenters. The van der Waals surface area contributed by atoms with Gasteiger partial charge in [-0.25, -0.2) is 0 Å². The molecule has 6 heteroatoms. The summed E-state index contributed by atoms with van der Waals surface area (Å²) in [4.78, 5) is 16.9. The first kappa shape index (κ1) is 13.6. The third-order valence-electron chi connectivity index (χ3n) is 2.41. The average molecular weight is 276 g/mol. The Kier molecular flexibility index (Phi) is 4.97. The van der Waals surface area contributed by atoms with Crippen molar-refractivity contribution < 1.29 is 4.79 Å². The van der Waals surface area contributed by atoms with Crippen molar-refractivity contribution >= 4 is 23.6 Å². The molecule has 100 valence electrons. The van der Waals surface area contributed by atoms with Crippen LogP contribution >= 0.6 is 11.8 Å². The molecule has 0 aliphatic rings. The molecule has 1 aromatic heterocycles. The molecule has 0 spiro atoms. The SMILES string of the molecule is Cc1nc(NC(=O)CCCSc2ccccc2)n[nH]1. The van der Waals surface area contributed by atoms with E-state index in [0.717, 1.165) is 12.2 Å². The Morgan fingerprint density at radius 1 is 1.37 bits per heavy atom. The number of aromatic amines is 1. The Balaban J connectivity index is 1.64. The number of aryl methyl sites for hydroxylation is 1. The minimum Gasteiger partial charge on any atom is -0.293 e. The maximum Gasteiger partial charge on any atom is 0.248 e. The number of hydrogen-bond acceptors (Lipinski definition) is 4. The first-order valence-corrected chi connectivity index (χ1v) is 7.09. The number of nitrogens with one attached hydrogen (secondary N) is 2. The molecule has 1 aromatic carbocycles. The molecular formula is C13H16N4OS. The van der Waals surface area contributed by atoms with Crippen LogP contribution in [0.1, 0.15) is 18.7 Å². The Bertz CT molecular complexity index is 526. The molecular weight excluding hydrogens is 260 g/mol. The van der Waals surface area contributed by atoms with Crippen molar-refractivity contribution in [3.05, 3.63) is 36.2 Å². The van der Waals surface area contributed by atoms with Crippen LogP contribution in [0.4, 0.5) is 5.95 Å². The second-order valence-electron chi connectivity index (χ2n) is 4.06. The number of anilines is 1. The second kappa shape index (κ2) is 6.94. The first-order valence-electron chi connectivity index (χ1n) is 6.11. The fourth-order valence-electron chi connectivity index (χ4n) is 1.53. The standard InChI is InChI=1S/C13H16N4OS/c1-10-14-13(17-16-10)15-12(18)8-5-9-19-11-6-3-2-4-7-11/h2-4,6-7H,5,8-9H2,1H3,(H2,14,15,16,17,18). The summed E-state index contributed by atoms with van der Waals surface area (Å²) in [7, 11) is 0. The maximum absolute atomic E-state index is 11.6. The molecule has 1 amide bonds. The van der Waals surface area contributed by atoms with Crippen LogP contribution in [0.3, 0.4) is 0 Å². The first-order chi connectivity index (χ1) is 9.24. The molecule has 0 fully saturated rings. The fraction of sp³-hybridized carbons (Fsp3) is 0.308. The Hall–Kier alpha value is -1.82. The van der Waals surface area contributed by atoms with Gasteiger partial charge in [0.05, 0.1) is 0 Å². The number of rotatable bonds is 6. The molecule has 0 aliphatic carbocycles. The van der Waals surface area contributed by atoms with Crippen molar-refractivity contribution in [3.63, 3.8) is 0 Å². The van der Waals surface area contributed by atoms with Crippen LogP contribution in [0.2, 0.25) is 0 Å². The molecule has 2 rings (SSSR count). The van der Waals surface area contributed by atoms with E-state index < -0.39 is 0 Å². The lowest BCUT2D eigenvalue weighted by atomic mass is 10.3. The van der Waals surface area contributed by atoms with E-state index >= 15 is 0 Å². The molecule has 2 aromatic rings. The molecule has 0 bridgehead atoms. The lowest BCUT2D eigenvalue weighted by Gasteiger charge is -2.02. The zero-order valence-electron chi connectivity index (χ0n) is 10.7. The highest BCUT2D eigenvalue weighted by molar-refractivity contribution is 7.99. The summed E-state index contributed by atoms with van der Waals surface area (Å²) in [6.07, 6.45) is 1.31. The topological polar surface area (TPSA) is 70.7 Å². The number of H-pyrrole nitrogens is 1. The van der Waals surface area contributed by atoms with Crippen LogP contribution in [-0.4, -0.2) is 26.8 Å². The van der Waals surface area contributed by atoms with E-state index in [-0.39, 0.29) is 5.91 Å². The number of thioether (sulfide) groups is 1. The minimum absolute atomic E-state index is 0.0485. The van der Waals surface area contributed by atoms with Gasteiger partial charge in [0, 0.05) is 11.3 Å². The number of aromatic nitrogens is 3. The predicted molar refractivity (Wildman–Crippen MR) is 76.1 cm³/mol. The van der Waals surface area contributed by atoms with E-state index in [1.807, 2.05) is 18.2 Å². The fourth-order valence-corrected chi connectivity index (χ4v) is 2.40. The van der Waals surface area contributed by atoms with Gasteiger partial charge < -0.3 is 0 Å². The molecule has 1 heterocycles. The van der Waals surface area contributed by atoms with E-state index in [1.165, 1.54) is 4.90 Å². The maximum atomic E-state index is 11.6. The zero-order valence-corrected chi connectivity index (χ0v) is 11.5. The van der Waals surface area contributed by atoms with Crippen LogP contribution in [0.25, 0.3) is 0 Å². The molecule has 2 N–H and O–H groups in total. The van der Waals surface area contributed by atoms with Gasteiger partial charge in [-0.3, -0.25) is 15.2 Å². The van der Waals surface area contributed by atoms with Gasteiger partial charge in [0.2, 0.25) is 11.9 Å². The zero-order chi connectivity index (χ0) is 13.5. The normalized spacial score (nSPS) is 10.4. The molecule has 0 saturated heterocycles. The van der Waals surface area contributed by atoms with Gasteiger partial charge in [-0.15, -0.1) is 16.9 Å². The lowest BCUT2D eigenvalue weighted by molar-refractivity contribution is -0.116. The van der Waals surface area contributed by atoms with Crippen LogP contribution in [0, 0.1) is 6.92 Å². The molecule has 0 saturated carbocycles. The van der Waals surface area contributed by atoms with E-state index in [0.29, 0.717) is 18.2 Å². The van der Waals surface area contributed by atoms with Crippen LogP contribution in [0.15, 0.2) is 35.2 Å². The molecule has 0 radical (unpaired) electrons. The number of carbonyl (C=O) groups excluding carboxylic acids is 1. The number of amides is 1. The summed E-state index contributed by atoms with van der Waals surface area (Å²) < 4.78 is 0. The second-order valence-corrected chi connectivity index (χ2v) is 5.23. The van der Waals surface area contributed by atoms with E-state index in [9.17, 15) is 4.79 Å². The number of hydrogen-bond donors (Lipinski definition) is 2. The van der Waals surface area contributed by atoms with Crippen molar-refractivity contribution in [1.82, 2.24) is 15.2 Å². The lowest BCUT2D eigenvalue weighted by Crippen LogP contribution is -2.12. The molecule has 5 nitrogen and oxygen atoms in total. The number of benzene rings is 1. The van der Waals surface area contributed by atoms with Gasteiger partial charge in [-0.2, -0.15) is 4.98 Å². The highest BCUT2D eigenvalue weighted by Gasteiger charge is 2.05. The third kappa shape index (κ3) is 4.75. The van der Waals surface area contributed by atoms with Crippen LogP contribution in [-0.2, 0) is 4.79 Å². The highest BCUT2D eigenvalue weighted by Crippen LogP contribution is 2.18. The van der Waals surface area contributed by atoms with Gasteiger partial charge in [0.1, 0.15) is 5.82 Å². The number of carbonyl (C=O) groups is 1. The summed E-state index contributed by atoms with van der Waals surface area (Å²) in [5, 5.41) is 9.20. The van der Waals surface area contributed by atoms with Crippen molar-refractivity contribution in [3.8, 4) is 0 Å². The smallest absolute Gasteiger partial charge is 0.248 e. The van der Waals surface area contributed by atoms with Gasteiger partial charge >= 0.3 is 0 Å². The van der Waals surface area contributed by atoms with Gasteiger partial charge in [0.15, 0.2) is 0 Å². The van der Waals surface area contributed by atoms with E-state index in [4.69, 9.17) is 0 Å². The quantitative estimate of drug-likeness (QED) is 0.628. The van der Waals surface area contributed by atoms with Crippen molar-refractivity contribution in [2.45, 2.75) is 24.7 Å². The van der Waals surface area contributed by atoms with Crippen molar-refractivity contribution in [2.24, 2.45) is 0 Å². The summed E-state index contributed by atoms with van der Waals surface area (Å²) in [6, 6.07) is 10.2. The predicted octanol–water partition coefficient (Wildman–Crippen LogP) is 2.62. The summed E-state index contributed by atoms with van der Waals surface area (Å²) >= 11 is 1.76. The van der Waals surface area contributed by atoms with Crippen molar-refractivity contribution in [2.75, 3.05) is 11.1 Å². The van der Waals surface area contributed by atoms with Crippen LogP contribution in [0.5, 0.6) is 0 Å². The third-order valence-corrected chi connectivity index (χ3v) is 3.51. The average Bonchev–Trinajstić information content (AvgIpc) is 2.81. The van der Waals surface area contributed by atoms with Crippen molar-refractivity contribution in [1.29, 1.82) is 0 Å². The monoisotopic (exact) mass is 276 g/mol. The molecule has 0 atom stereocenters. The summed E-state index contributed by atoms with van der Waals surface area (Å²) in [5.74, 6) is 1.91. The molecule has 19 heavy (non-hydrogen) atoms. The van der Waals surface area contributed by atoms with Gasteiger partial charge in [-0.05, 0) is 31.2 Å². The largest absolute Gasteiger partial charge is 0.293 e. The van der Waals surface area contributed by atoms with E-state index in [1.54, 1.807) is 18.7 Å². The Morgan fingerprint density at radius 2 is 2.16 bits per heavy atom. The minimum atomic E-state index is -0.0485. The van der Waals surface area contributed by atoms with Gasteiger partial charge in [0.25, 0.3) is 0 Å². The Labute approximate surface area is 116 Å². The van der Waals surface area contributed by atoms with Crippen LogP contribution < -0.4 is 5.32 Å². The summed E-state index contributed by atoms with van der Waals surface area (Å²) in [6.45, 7) is 1.79. The summed E-state index contributed by atoms with van der Waals surface area (Å²) in [5.41, 5.74) is 0.